The van der Waals surface area contributed by atoms with Crippen molar-refractivity contribution in [1.29, 1.82) is 0 Å². The SMILES string of the molecule is Cc1cc(CN2CCN(Cc3csc(-c4cccs4)n3)CC2)on1. The number of aryl methyl sites for hydroxylation is 1. The fourth-order valence-corrected chi connectivity index (χ4v) is 4.56. The van der Waals surface area contributed by atoms with Crippen LogP contribution in [0, 0.1) is 6.92 Å². The number of nitrogens with zero attached hydrogens (tertiary/aromatic N) is 4. The number of aromatic nitrogens is 2. The first-order chi connectivity index (χ1) is 11.8. The number of piperazine rings is 1. The van der Waals surface area contributed by atoms with Crippen LogP contribution in [0.15, 0.2) is 33.5 Å². The van der Waals surface area contributed by atoms with E-state index in [9.17, 15) is 0 Å². The molecule has 0 radical (unpaired) electrons. The molecule has 1 saturated heterocycles. The molecule has 0 atom stereocenters. The van der Waals surface area contributed by atoms with Crippen LogP contribution in [0.2, 0.25) is 0 Å². The molecule has 1 aliphatic rings. The van der Waals surface area contributed by atoms with Crippen LogP contribution in [0.5, 0.6) is 0 Å². The van der Waals surface area contributed by atoms with Gasteiger partial charge in [0, 0.05) is 44.2 Å². The summed E-state index contributed by atoms with van der Waals surface area (Å²) in [5, 5.41) is 9.39. The smallest absolute Gasteiger partial charge is 0.150 e. The third-order valence-corrected chi connectivity index (χ3v) is 6.12. The largest absolute Gasteiger partial charge is 0.360 e. The normalized spacial score (nSPS) is 16.7. The zero-order valence-electron chi connectivity index (χ0n) is 13.6. The fourth-order valence-electron chi connectivity index (χ4n) is 2.94. The van der Waals surface area contributed by atoms with Gasteiger partial charge in [0.05, 0.1) is 22.8 Å². The average molecular weight is 361 g/mol. The van der Waals surface area contributed by atoms with E-state index in [2.05, 4.69) is 37.8 Å². The van der Waals surface area contributed by atoms with Crippen molar-refractivity contribution in [3.05, 3.63) is 46.1 Å². The Hall–Kier alpha value is -1.54. The maximum atomic E-state index is 5.31. The molecule has 4 heterocycles. The molecule has 3 aromatic rings. The second-order valence-electron chi connectivity index (χ2n) is 6.11. The van der Waals surface area contributed by atoms with E-state index in [-0.39, 0.29) is 0 Å². The summed E-state index contributed by atoms with van der Waals surface area (Å²) in [4.78, 5) is 11.0. The van der Waals surface area contributed by atoms with Gasteiger partial charge in [-0.3, -0.25) is 9.80 Å². The highest BCUT2D eigenvalue weighted by Gasteiger charge is 2.19. The van der Waals surface area contributed by atoms with Crippen molar-refractivity contribution in [3.63, 3.8) is 0 Å². The summed E-state index contributed by atoms with van der Waals surface area (Å²) in [5.74, 6) is 0.959. The van der Waals surface area contributed by atoms with Crippen LogP contribution in [0.25, 0.3) is 9.88 Å². The predicted octanol–water partition coefficient (Wildman–Crippen LogP) is 3.49. The van der Waals surface area contributed by atoms with Crippen LogP contribution in [0.4, 0.5) is 0 Å². The lowest BCUT2D eigenvalue weighted by atomic mass is 10.2. The van der Waals surface area contributed by atoms with E-state index < -0.39 is 0 Å². The van der Waals surface area contributed by atoms with Crippen molar-refractivity contribution < 1.29 is 4.52 Å². The van der Waals surface area contributed by atoms with Gasteiger partial charge >= 0.3 is 0 Å². The second kappa shape index (κ2) is 7.14. The van der Waals surface area contributed by atoms with Gasteiger partial charge in [0.2, 0.25) is 0 Å². The van der Waals surface area contributed by atoms with Gasteiger partial charge in [-0.1, -0.05) is 11.2 Å². The monoisotopic (exact) mass is 360 g/mol. The van der Waals surface area contributed by atoms with Gasteiger partial charge in [0.15, 0.2) is 5.76 Å². The third kappa shape index (κ3) is 3.75. The number of rotatable bonds is 5. The quantitative estimate of drug-likeness (QED) is 0.697. The molecule has 0 aromatic carbocycles. The van der Waals surface area contributed by atoms with Crippen LogP contribution in [0.3, 0.4) is 0 Å². The van der Waals surface area contributed by atoms with Crippen LogP contribution in [0.1, 0.15) is 17.1 Å². The van der Waals surface area contributed by atoms with Crippen LogP contribution in [-0.2, 0) is 13.1 Å². The molecule has 0 saturated carbocycles. The summed E-state index contributed by atoms with van der Waals surface area (Å²) >= 11 is 3.50. The maximum absolute atomic E-state index is 5.31. The highest BCUT2D eigenvalue weighted by molar-refractivity contribution is 7.20. The van der Waals surface area contributed by atoms with Crippen LogP contribution >= 0.6 is 22.7 Å². The molecule has 3 aromatic heterocycles. The molecule has 5 nitrogen and oxygen atoms in total. The third-order valence-electron chi connectivity index (χ3n) is 4.19. The van der Waals surface area contributed by atoms with Gasteiger partial charge in [0.25, 0.3) is 0 Å². The summed E-state index contributed by atoms with van der Waals surface area (Å²) in [6.07, 6.45) is 0. The zero-order chi connectivity index (χ0) is 16.4. The minimum absolute atomic E-state index is 0.855. The Bertz CT molecular complexity index is 772. The number of hydrogen-bond acceptors (Lipinski definition) is 7. The summed E-state index contributed by atoms with van der Waals surface area (Å²) in [7, 11) is 0. The molecule has 0 bridgehead atoms. The Balaban J connectivity index is 1.29. The first-order valence-electron chi connectivity index (χ1n) is 8.11. The molecule has 4 rings (SSSR count). The van der Waals surface area contributed by atoms with Crippen molar-refractivity contribution in [2.24, 2.45) is 0 Å². The Morgan fingerprint density at radius 1 is 1.12 bits per heavy atom. The van der Waals surface area contributed by atoms with Crippen LogP contribution < -0.4 is 0 Å². The molecule has 0 amide bonds. The molecule has 0 unspecified atom stereocenters. The lowest BCUT2D eigenvalue weighted by Gasteiger charge is -2.33. The predicted molar refractivity (Wildman–Crippen MR) is 97.2 cm³/mol. The van der Waals surface area contributed by atoms with Crippen molar-refractivity contribution in [2.75, 3.05) is 26.2 Å². The Morgan fingerprint density at radius 3 is 2.58 bits per heavy atom. The van der Waals surface area contributed by atoms with Gasteiger partial charge in [-0.2, -0.15) is 0 Å². The van der Waals surface area contributed by atoms with E-state index in [1.165, 1.54) is 10.6 Å². The number of hydrogen-bond donors (Lipinski definition) is 0. The van der Waals surface area contributed by atoms with E-state index in [1.54, 1.807) is 22.7 Å². The minimum atomic E-state index is 0.855. The molecule has 0 N–H and O–H groups in total. The van der Waals surface area contributed by atoms with Gasteiger partial charge in [-0.05, 0) is 18.4 Å². The molecule has 0 spiro atoms. The summed E-state index contributed by atoms with van der Waals surface area (Å²) < 4.78 is 5.31. The highest BCUT2D eigenvalue weighted by Crippen LogP contribution is 2.28. The van der Waals surface area contributed by atoms with Crippen molar-refractivity contribution in [2.45, 2.75) is 20.0 Å². The van der Waals surface area contributed by atoms with Gasteiger partial charge in [-0.15, -0.1) is 22.7 Å². The average Bonchev–Trinajstić information content (AvgIpc) is 3.31. The van der Waals surface area contributed by atoms with E-state index in [1.807, 2.05) is 13.0 Å². The first-order valence-corrected chi connectivity index (χ1v) is 9.87. The maximum Gasteiger partial charge on any atom is 0.150 e. The molecule has 1 fully saturated rings. The van der Waals surface area contributed by atoms with Crippen molar-refractivity contribution in [3.8, 4) is 9.88 Å². The van der Waals surface area contributed by atoms with Gasteiger partial charge in [0.1, 0.15) is 5.01 Å². The highest BCUT2D eigenvalue weighted by atomic mass is 32.1. The number of thiazole rings is 1. The molecular weight excluding hydrogens is 340 g/mol. The molecule has 1 aliphatic heterocycles. The molecule has 24 heavy (non-hydrogen) atoms. The zero-order valence-corrected chi connectivity index (χ0v) is 15.3. The number of thiophene rings is 1. The molecule has 0 aliphatic carbocycles. The Morgan fingerprint density at radius 2 is 1.92 bits per heavy atom. The lowest BCUT2D eigenvalue weighted by Crippen LogP contribution is -2.45. The summed E-state index contributed by atoms with van der Waals surface area (Å²) in [5.41, 5.74) is 2.14. The Kier molecular flexibility index (Phi) is 4.75. The summed E-state index contributed by atoms with van der Waals surface area (Å²) in [6, 6.07) is 6.24. The van der Waals surface area contributed by atoms with E-state index in [0.717, 1.165) is 55.7 Å². The molecule has 7 heteroatoms. The topological polar surface area (TPSA) is 45.4 Å². The van der Waals surface area contributed by atoms with Gasteiger partial charge in [-0.25, -0.2) is 4.98 Å². The van der Waals surface area contributed by atoms with E-state index >= 15 is 0 Å². The van der Waals surface area contributed by atoms with Gasteiger partial charge < -0.3 is 4.52 Å². The second-order valence-corrected chi connectivity index (χ2v) is 7.91. The summed E-state index contributed by atoms with van der Waals surface area (Å²) in [6.45, 7) is 8.01. The Labute approximate surface area is 149 Å². The molecular formula is C17H20N4OS2. The lowest BCUT2D eigenvalue weighted by molar-refractivity contribution is 0.113. The minimum Gasteiger partial charge on any atom is -0.360 e. The van der Waals surface area contributed by atoms with Crippen molar-refractivity contribution in [1.82, 2.24) is 19.9 Å². The fraction of sp³-hybridized carbons (Fsp3) is 0.412. The molecule has 126 valence electrons. The van der Waals surface area contributed by atoms with E-state index in [4.69, 9.17) is 9.51 Å². The first kappa shape index (κ1) is 16.0. The standard InChI is InChI=1S/C17H20N4OS2/c1-13-9-15(22-19-13)11-21-6-4-20(5-7-21)10-14-12-24-17(18-14)16-3-2-8-23-16/h2-3,8-9,12H,4-7,10-11H2,1H3. The van der Waals surface area contributed by atoms with Crippen LogP contribution in [-0.4, -0.2) is 46.1 Å². The van der Waals surface area contributed by atoms with Crippen molar-refractivity contribution >= 4 is 22.7 Å². The van der Waals surface area contributed by atoms with E-state index in [0.29, 0.717) is 0 Å².